The number of carbonyl (C=O) groups excluding carboxylic acids is 2. The molecule has 2 spiro atoms. The third-order valence-corrected chi connectivity index (χ3v) is 18.7. The number of aliphatic hydroxyl groups excluding tert-OH is 7. The number of fused-ring (bicyclic) bond motifs is 2. The largest absolute Gasteiger partial charge is 0.463 e. The van der Waals surface area contributed by atoms with Crippen LogP contribution in [-0.4, -0.2) is 151 Å². The van der Waals surface area contributed by atoms with Gasteiger partial charge in [-0.3, -0.25) is 9.59 Å². The maximum Gasteiger partial charge on any atom is 0.303 e. The Morgan fingerprint density at radius 1 is 0.710 bits per heavy atom. The second-order valence-corrected chi connectivity index (χ2v) is 22.7. The maximum atomic E-state index is 12.8. The lowest BCUT2D eigenvalue weighted by Crippen LogP contribution is -2.66. The van der Waals surface area contributed by atoms with Crippen molar-refractivity contribution in [3.05, 3.63) is 0 Å². The first-order valence-electron chi connectivity index (χ1n) is 23.1. The van der Waals surface area contributed by atoms with Crippen LogP contribution in [0.1, 0.15) is 127 Å². The normalized spacial score (nSPS) is 55.1. The number of hydrogen-bond donors (Lipinski definition) is 7. The van der Waals surface area contributed by atoms with Crippen LogP contribution in [-0.2, 0) is 42.7 Å². The lowest BCUT2D eigenvalue weighted by Gasteiger charge is -2.64. The third-order valence-electron chi connectivity index (χ3n) is 18.7. The molecule has 62 heavy (non-hydrogen) atoms. The number of rotatable bonds is 8. The van der Waals surface area contributed by atoms with Gasteiger partial charge in [0.05, 0.1) is 30.0 Å². The molecule has 3 aliphatic heterocycles. The van der Waals surface area contributed by atoms with Gasteiger partial charge in [-0.2, -0.15) is 0 Å². The number of hydrogen-bond acceptors (Lipinski definition) is 16. The fourth-order valence-electron chi connectivity index (χ4n) is 15.3. The Hall–Kier alpha value is -1.54. The number of esters is 2. The van der Waals surface area contributed by atoms with Gasteiger partial charge in [0.25, 0.3) is 0 Å². The van der Waals surface area contributed by atoms with Crippen LogP contribution in [0.3, 0.4) is 0 Å². The van der Waals surface area contributed by atoms with Gasteiger partial charge in [-0.05, 0) is 119 Å². The second kappa shape index (κ2) is 15.5. The Morgan fingerprint density at radius 3 is 2.03 bits per heavy atom. The molecule has 354 valence electrons. The van der Waals surface area contributed by atoms with Crippen LogP contribution in [0.15, 0.2) is 0 Å². The Kier molecular flexibility index (Phi) is 11.8. The zero-order valence-corrected chi connectivity index (χ0v) is 38.2. The minimum Gasteiger partial charge on any atom is -0.463 e. The summed E-state index contributed by atoms with van der Waals surface area (Å²) in [5.41, 5.74) is -3.06. The molecule has 0 amide bonds. The van der Waals surface area contributed by atoms with E-state index in [1.54, 1.807) is 0 Å². The molecule has 16 heteroatoms. The Labute approximate surface area is 365 Å². The van der Waals surface area contributed by atoms with Crippen molar-refractivity contribution in [1.82, 2.24) is 0 Å². The van der Waals surface area contributed by atoms with Gasteiger partial charge >= 0.3 is 11.9 Å². The summed E-state index contributed by atoms with van der Waals surface area (Å²) in [5, 5.41) is 79.7. The Morgan fingerprint density at radius 2 is 1.39 bits per heavy atom. The van der Waals surface area contributed by atoms with Crippen LogP contribution in [0.5, 0.6) is 0 Å². The highest BCUT2D eigenvalue weighted by Crippen LogP contribution is 2.89. The van der Waals surface area contributed by atoms with E-state index in [0.29, 0.717) is 25.7 Å². The number of ether oxygens (including phenoxy) is 7. The summed E-state index contributed by atoms with van der Waals surface area (Å²) in [4.78, 5) is 23.7. The molecule has 8 aliphatic rings. The molecule has 16 nitrogen and oxygen atoms in total. The molecular formula is C46H74O16. The zero-order valence-electron chi connectivity index (χ0n) is 38.2. The molecule has 8 fully saturated rings. The maximum absolute atomic E-state index is 12.8. The first-order chi connectivity index (χ1) is 28.7. The van der Waals surface area contributed by atoms with Crippen LogP contribution in [0.2, 0.25) is 0 Å². The Bertz CT molecular complexity index is 1730. The van der Waals surface area contributed by atoms with Gasteiger partial charge in [0.1, 0.15) is 61.0 Å². The summed E-state index contributed by atoms with van der Waals surface area (Å²) in [5.74, 6) is -1.24. The summed E-state index contributed by atoms with van der Waals surface area (Å²) in [6, 6.07) is 0. The van der Waals surface area contributed by atoms with Gasteiger partial charge < -0.3 is 68.9 Å². The first kappa shape index (κ1) is 47.0. The number of carbonyl (C=O) groups is 2. The summed E-state index contributed by atoms with van der Waals surface area (Å²) in [7, 11) is 0. The quantitative estimate of drug-likeness (QED) is 0.137. The van der Waals surface area contributed by atoms with Crippen molar-refractivity contribution in [2.75, 3.05) is 6.61 Å². The average Bonchev–Trinajstić information content (AvgIpc) is 3.77. The van der Waals surface area contributed by atoms with E-state index in [4.69, 9.17) is 33.2 Å². The van der Waals surface area contributed by atoms with Gasteiger partial charge in [-0.25, -0.2) is 0 Å². The van der Waals surface area contributed by atoms with E-state index in [2.05, 4.69) is 34.6 Å². The topological polar surface area (TPSA) is 240 Å². The molecular weight excluding hydrogens is 808 g/mol. The molecule has 5 aliphatic carbocycles. The van der Waals surface area contributed by atoms with Gasteiger partial charge in [0.15, 0.2) is 12.6 Å². The first-order valence-corrected chi connectivity index (χ1v) is 23.1. The second-order valence-electron chi connectivity index (χ2n) is 22.7. The summed E-state index contributed by atoms with van der Waals surface area (Å²) >= 11 is 0. The monoisotopic (exact) mass is 882 g/mol. The number of aliphatic hydroxyl groups is 7. The summed E-state index contributed by atoms with van der Waals surface area (Å²) < 4.78 is 42.6. The van der Waals surface area contributed by atoms with Gasteiger partial charge in [0.2, 0.25) is 0 Å². The van der Waals surface area contributed by atoms with Crippen LogP contribution in [0.4, 0.5) is 0 Å². The smallest absolute Gasteiger partial charge is 0.303 e. The van der Waals surface area contributed by atoms with Crippen molar-refractivity contribution in [2.45, 2.75) is 224 Å². The van der Waals surface area contributed by atoms with Crippen LogP contribution >= 0.6 is 0 Å². The Balaban J connectivity index is 1.04. The van der Waals surface area contributed by atoms with Crippen molar-refractivity contribution >= 4 is 11.9 Å². The molecule has 0 aromatic heterocycles. The van der Waals surface area contributed by atoms with Gasteiger partial charge in [-0.15, -0.1) is 0 Å². The van der Waals surface area contributed by atoms with Crippen molar-refractivity contribution in [3.8, 4) is 0 Å². The SMILES string of the molecule is CC(=O)OC[C@H]1O[C@@H](O[C@H]2CC[C@]34C[C@]35CC[C@]3(C)C[C@@H]([C@@]6(C)CC[C@H](OC(C)=O)C(C)(C)O6)[C@@H](O)[C@@]3(C)[C@@H]5C[C@H](O)[C@H]4C2(C)C)[C@H](O[C@@H]2O[C@@H](C)[C@H](O)[C@@H](O)[C@H]2O)[C@@H](O)[C@@H]1O. The fourth-order valence-corrected chi connectivity index (χ4v) is 15.3. The van der Waals surface area contributed by atoms with E-state index in [9.17, 15) is 45.3 Å². The zero-order chi connectivity index (χ0) is 45.5. The van der Waals surface area contributed by atoms with Crippen LogP contribution < -0.4 is 0 Å². The molecule has 0 bridgehead atoms. The molecule has 3 saturated heterocycles. The lowest BCUT2D eigenvalue weighted by atomic mass is 9.42. The minimum absolute atomic E-state index is 0.0542. The molecule has 0 aromatic carbocycles. The third kappa shape index (κ3) is 6.88. The van der Waals surface area contributed by atoms with Crippen LogP contribution in [0, 0.1) is 44.8 Å². The van der Waals surface area contributed by atoms with Gasteiger partial charge in [-0.1, -0.05) is 27.7 Å². The van der Waals surface area contributed by atoms with Gasteiger partial charge in [0, 0.05) is 25.2 Å². The molecule has 0 aromatic rings. The van der Waals surface area contributed by atoms with Crippen molar-refractivity contribution in [2.24, 2.45) is 44.8 Å². The lowest BCUT2D eigenvalue weighted by molar-refractivity contribution is -0.376. The van der Waals surface area contributed by atoms with E-state index in [1.807, 2.05) is 13.8 Å². The van der Waals surface area contributed by atoms with Crippen molar-refractivity contribution in [3.63, 3.8) is 0 Å². The molecule has 3 heterocycles. The van der Waals surface area contributed by atoms with E-state index in [1.165, 1.54) is 20.8 Å². The van der Waals surface area contributed by atoms with Crippen molar-refractivity contribution < 1.29 is 78.5 Å². The fraction of sp³-hybridized carbons (Fsp3) is 0.957. The molecule has 8 rings (SSSR count). The van der Waals surface area contributed by atoms with E-state index >= 15 is 0 Å². The van der Waals surface area contributed by atoms with E-state index in [-0.39, 0.29) is 52.7 Å². The highest BCUT2D eigenvalue weighted by atomic mass is 16.8. The predicted molar refractivity (Wildman–Crippen MR) is 217 cm³/mol. The van der Waals surface area contributed by atoms with Crippen molar-refractivity contribution in [1.29, 1.82) is 0 Å². The standard InChI is InChI=1S/C46H74O16/c1-21-30(50)32(52)34(54)38(57-21)61-35-33(53)31(51)26(19-56-22(2)47)59-39(35)60-28-12-14-46-20-45(46)16-15-42(8)18-24(43(9)13-11-29(58-23(3)48)41(6,7)62-43)37(55)44(42,10)27(45)17-25(49)36(46)40(28,4)5/h21,24-39,49-55H,11-20H2,1-10H3/t21-,24+,25-,26+,27-,28-,29-,30-,31+,32+,33-,34+,35+,36-,37+,38-,39-,42+,43+,44+,45-,46+/m0/s1. The van der Waals surface area contributed by atoms with E-state index < -0.39 is 108 Å². The van der Waals surface area contributed by atoms with Crippen LogP contribution in [0.25, 0.3) is 0 Å². The highest BCUT2D eigenvalue weighted by Gasteiger charge is 2.85. The summed E-state index contributed by atoms with van der Waals surface area (Å²) in [6.07, 6.45) is -10.0. The summed E-state index contributed by atoms with van der Waals surface area (Å²) in [6.45, 7) is 18.6. The molecule has 7 N–H and O–H groups in total. The molecule has 5 saturated carbocycles. The minimum atomic E-state index is -1.70. The average molecular weight is 883 g/mol. The highest BCUT2D eigenvalue weighted by molar-refractivity contribution is 5.66. The molecule has 0 radical (unpaired) electrons. The molecule has 22 atom stereocenters. The molecule has 0 unspecified atom stereocenters. The van der Waals surface area contributed by atoms with E-state index in [0.717, 1.165) is 32.1 Å². The predicted octanol–water partition coefficient (Wildman–Crippen LogP) is 2.25.